The molecule has 0 amide bonds. The van der Waals surface area contributed by atoms with Crippen LogP contribution < -0.4 is 5.14 Å². The van der Waals surface area contributed by atoms with Crippen LogP contribution in [0.4, 0.5) is 0 Å². The summed E-state index contributed by atoms with van der Waals surface area (Å²) in [6.45, 7) is 11.3. The summed E-state index contributed by atoms with van der Waals surface area (Å²) in [7, 11) is -2.35. The zero-order chi connectivity index (χ0) is 26.2. The molecule has 216 valence electrons. The molecule has 0 spiro atoms. The Hall–Kier alpha value is -1.26. The van der Waals surface area contributed by atoms with Gasteiger partial charge in [-0.25, -0.2) is 8.42 Å². The normalized spacial score (nSPS) is 16.1. The van der Waals surface area contributed by atoms with Crippen molar-refractivity contribution in [2.45, 2.75) is 96.0 Å². The predicted molar refractivity (Wildman–Crippen MR) is 177 cm³/mol. The number of nitrogens with zero attached hydrogens (tertiary/aromatic N) is 1. The Morgan fingerprint density at radius 3 is 1.34 bits per heavy atom. The Kier molecular flexibility index (Phi) is 17.8. The zero-order valence-corrected chi connectivity index (χ0v) is 26.5. The van der Waals surface area contributed by atoms with Crippen molar-refractivity contribution in [2.75, 3.05) is 0 Å². The van der Waals surface area contributed by atoms with Crippen LogP contribution in [0, 0.1) is 0 Å². The Labute approximate surface area is 250 Å². The summed E-state index contributed by atoms with van der Waals surface area (Å²) in [5, 5.41) is 5.04. The van der Waals surface area contributed by atoms with Crippen LogP contribution in [0.3, 0.4) is 0 Å². The maximum absolute atomic E-state index is 11.7. The highest BCUT2D eigenvalue weighted by Gasteiger charge is 2.23. The number of benzene rings is 2. The number of rotatable bonds is 5. The Bertz CT molecular complexity index is 1030. The Morgan fingerprint density at radius 1 is 0.737 bits per heavy atom. The smallest absolute Gasteiger partial charge is 0.150 e. The summed E-state index contributed by atoms with van der Waals surface area (Å²) in [5.41, 5.74) is 4.59. The molecule has 38 heavy (non-hydrogen) atoms. The van der Waals surface area contributed by atoms with Crippen molar-refractivity contribution in [1.82, 2.24) is 0 Å². The lowest BCUT2D eigenvalue weighted by atomic mass is 10.1. The SMILES string of the molecule is C.CC(C)(C)[S@@](N)=O.CC(C)(C)[S@](=O)N=Cc1ccc(C2CC2)cc1.O=Cc1ccc(C2CC2)cc1.S.S. The van der Waals surface area contributed by atoms with E-state index in [-0.39, 0.29) is 43.9 Å². The van der Waals surface area contributed by atoms with E-state index in [9.17, 15) is 13.2 Å². The third-order valence-corrected chi connectivity index (χ3v) is 8.08. The van der Waals surface area contributed by atoms with E-state index < -0.39 is 22.0 Å². The molecule has 0 heterocycles. The van der Waals surface area contributed by atoms with Gasteiger partial charge in [0.15, 0.2) is 0 Å². The molecule has 2 N–H and O–H groups in total. The van der Waals surface area contributed by atoms with Gasteiger partial charge >= 0.3 is 0 Å². The average Bonchev–Trinajstić information content (AvgIpc) is 3.71. The van der Waals surface area contributed by atoms with Gasteiger partial charge in [0.2, 0.25) is 0 Å². The van der Waals surface area contributed by atoms with Gasteiger partial charge in [-0.05, 0) is 95.8 Å². The van der Waals surface area contributed by atoms with E-state index in [0.29, 0.717) is 0 Å². The van der Waals surface area contributed by atoms with Gasteiger partial charge in [0, 0.05) is 11.8 Å². The lowest BCUT2D eigenvalue weighted by molar-refractivity contribution is 0.112. The molecule has 2 aliphatic carbocycles. The van der Waals surface area contributed by atoms with Crippen LogP contribution in [0.1, 0.15) is 114 Å². The molecule has 0 bridgehead atoms. The summed E-state index contributed by atoms with van der Waals surface area (Å²) in [6, 6.07) is 16.3. The fraction of sp³-hybridized carbons (Fsp3) is 0.517. The first-order valence-corrected chi connectivity index (χ1v) is 14.4. The lowest BCUT2D eigenvalue weighted by Crippen LogP contribution is -2.27. The molecular formula is C29H48N2O3S4. The Balaban J connectivity index is 0. The molecule has 0 unspecified atom stereocenters. The van der Waals surface area contributed by atoms with Crippen molar-refractivity contribution in [2.24, 2.45) is 9.54 Å². The quantitative estimate of drug-likeness (QED) is 0.293. The van der Waals surface area contributed by atoms with Crippen molar-refractivity contribution in [3.05, 3.63) is 70.8 Å². The van der Waals surface area contributed by atoms with Gasteiger partial charge < -0.3 is 0 Å². The van der Waals surface area contributed by atoms with Crippen LogP contribution in [0.5, 0.6) is 0 Å². The van der Waals surface area contributed by atoms with E-state index in [1.165, 1.54) is 36.8 Å². The summed E-state index contributed by atoms with van der Waals surface area (Å²) in [6.07, 6.45) is 7.87. The standard InChI is InChI=1S/C14H19NOS.C10H10O.C4H11NOS.CH4.2H2S/c1-14(2,3)17(16)15-10-11-4-6-12(7-5-11)13-8-9-13;11-7-8-1-3-9(4-2-8)10-5-6-10;1-4(2,3)7(5)6;;;/h4-7,10,13H,8-9H2,1-3H3;1-4,7,10H,5-6H2;5H2,1-3H3;1H4;2*1H2/t17-;;7-;;;/m0.0.../s1. The van der Waals surface area contributed by atoms with Crippen LogP contribution >= 0.6 is 27.0 Å². The van der Waals surface area contributed by atoms with Crippen LogP contribution in [0.15, 0.2) is 52.9 Å². The van der Waals surface area contributed by atoms with Gasteiger partial charge in [0.05, 0.1) is 20.5 Å². The monoisotopic (exact) mass is 600 g/mol. The fourth-order valence-electron chi connectivity index (χ4n) is 2.80. The summed E-state index contributed by atoms with van der Waals surface area (Å²) in [5.74, 6) is 1.57. The maximum atomic E-state index is 11.7. The first-order chi connectivity index (χ1) is 16.3. The van der Waals surface area contributed by atoms with E-state index in [1.54, 1.807) is 6.21 Å². The summed E-state index contributed by atoms with van der Waals surface area (Å²) < 4.78 is 25.7. The van der Waals surface area contributed by atoms with Crippen molar-refractivity contribution < 1.29 is 13.2 Å². The number of nitrogens with two attached hydrogens (primary N) is 1. The largest absolute Gasteiger partial charge is 0.298 e. The zero-order valence-electron chi connectivity index (χ0n) is 22.8. The van der Waals surface area contributed by atoms with Crippen molar-refractivity contribution in [3.63, 3.8) is 0 Å². The third kappa shape index (κ3) is 14.8. The van der Waals surface area contributed by atoms with Gasteiger partial charge in [-0.3, -0.25) is 9.93 Å². The molecule has 0 radical (unpaired) electrons. The van der Waals surface area contributed by atoms with Crippen molar-refractivity contribution in [1.29, 1.82) is 0 Å². The van der Waals surface area contributed by atoms with Crippen LogP contribution in [-0.4, -0.2) is 30.4 Å². The molecule has 2 atom stereocenters. The van der Waals surface area contributed by atoms with Gasteiger partial charge in [0.25, 0.3) is 0 Å². The van der Waals surface area contributed by atoms with Gasteiger partial charge in [-0.1, -0.05) is 56.0 Å². The number of carbonyl (C=O) groups is 1. The van der Waals surface area contributed by atoms with Crippen LogP contribution in [-0.2, 0) is 22.0 Å². The average molecular weight is 601 g/mol. The Morgan fingerprint density at radius 2 is 1.08 bits per heavy atom. The summed E-state index contributed by atoms with van der Waals surface area (Å²) in [4.78, 5) is 10.3. The van der Waals surface area contributed by atoms with E-state index in [1.807, 2.05) is 53.7 Å². The highest BCUT2D eigenvalue weighted by atomic mass is 32.2. The molecule has 2 aliphatic rings. The minimum Gasteiger partial charge on any atom is -0.298 e. The molecule has 2 aromatic rings. The van der Waals surface area contributed by atoms with E-state index in [0.717, 1.165) is 29.2 Å². The molecule has 0 saturated heterocycles. The van der Waals surface area contributed by atoms with Gasteiger partial charge in [-0.2, -0.15) is 31.4 Å². The number of aldehydes is 1. The topological polar surface area (TPSA) is 89.6 Å². The molecule has 9 heteroatoms. The van der Waals surface area contributed by atoms with Crippen molar-refractivity contribution >= 4 is 61.5 Å². The molecule has 0 aromatic heterocycles. The second-order valence-corrected chi connectivity index (χ2v) is 14.8. The predicted octanol–water partition coefficient (Wildman–Crippen LogP) is 7.09. The minimum atomic E-state index is -1.18. The van der Waals surface area contributed by atoms with Gasteiger partial charge in [-0.15, -0.1) is 0 Å². The van der Waals surface area contributed by atoms with E-state index >= 15 is 0 Å². The first-order valence-electron chi connectivity index (χ1n) is 12.1. The molecule has 0 aliphatic heterocycles. The summed E-state index contributed by atoms with van der Waals surface area (Å²) >= 11 is 0. The molecule has 2 fully saturated rings. The molecular weight excluding hydrogens is 553 g/mol. The second kappa shape index (κ2) is 17.4. The lowest BCUT2D eigenvalue weighted by Gasteiger charge is -2.12. The van der Waals surface area contributed by atoms with Crippen LogP contribution in [0.25, 0.3) is 0 Å². The number of carbonyl (C=O) groups excluding carboxylic acids is 1. The number of hydrogen-bond donors (Lipinski definition) is 1. The molecule has 4 rings (SSSR count). The van der Waals surface area contributed by atoms with E-state index in [2.05, 4.69) is 40.8 Å². The number of hydrogen-bond acceptors (Lipinski definition) is 3. The van der Waals surface area contributed by atoms with Crippen LogP contribution in [0.2, 0.25) is 0 Å². The first kappa shape index (κ1) is 38.9. The minimum absolute atomic E-state index is 0. The maximum Gasteiger partial charge on any atom is 0.150 e. The molecule has 5 nitrogen and oxygen atoms in total. The fourth-order valence-corrected chi connectivity index (χ4v) is 3.33. The van der Waals surface area contributed by atoms with E-state index in [4.69, 9.17) is 5.14 Å². The van der Waals surface area contributed by atoms with Crippen molar-refractivity contribution in [3.8, 4) is 0 Å². The van der Waals surface area contributed by atoms with Gasteiger partial charge in [0.1, 0.15) is 17.3 Å². The highest BCUT2D eigenvalue weighted by molar-refractivity contribution is 7.85. The highest BCUT2D eigenvalue weighted by Crippen LogP contribution is 2.40. The molecule has 2 aromatic carbocycles. The molecule has 2 saturated carbocycles. The third-order valence-electron chi connectivity index (χ3n) is 5.53. The second-order valence-electron chi connectivity index (χ2n) is 11.0.